The molecule has 0 atom stereocenters. The second kappa shape index (κ2) is 6.99. The van der Waals surface area contributed by atoms with Crippen LogP contribution >= 0.6 is 0 Å². The number of aromatic nitrogens is 1. The third kappa shape index (κ3) is 3.31. The summed E-state index contributed by atoms with van der Waals surface area (Å²) in [6.07, 6.45) is 5.90. The SMILES string of the molecule is CCN(C(=O)c1nc(-c2ccccc2)oc1C)C1CCCCC1. The molecule has 1 aliphatic rings. The lowest BCUT2D eigenvalue weighted by Gasteiger charge is -2.33. The van der Waals surface area contributed by atoms with E-state index in [-0.39, 0.29) is 5.91 Å². The van der Waals surface area contributed by atoms with Gasteiger partial charge in [0.15, 0.2) is 5.69 Å². The van der Waals surface area contributed by atoms with Crippen LogP contribution in [-0.2, 0) is 0 Å². The van der Waals surface area contributed by atoms with Crippen LogP contribution in [0.2, 0.25) is 0 Å². The summed E-state index contributed by atoms with van der Waals surface area (Å²) < 4.78 is 5.75. The van der Waals surface area contributed by atoms with Crippen molar-refractivity contribution in [3.63, 3.8) is 0 Å². The van der Waals surface area contributed by atoms with E-state index in [1.54, 1.807) is 0 Å². The Labute approximate surface area is 137 Å². The molecule has 23 heavy (non-hydrogen) atoms. The summed E-state index contributed by atoms with van der Waals surface area (Å²) in [6, 6.07) is 10.1. The second-order valence-electron chi connectivity index (χ2n) is 6.17. The molecule has 122 valence electrons. The van der Waals surface area contributed by atoms with Crippen LogP contribution in [0.1, 0.15) is 55.3 Å². The lowest BCUT2D eigenvalue weighted by molar-refractivity contribution is 0.0641. The van der Waals surface area contributed by atoms with Crippen molar-refractivity contribution < 1.29 is 9.21 Å². The van der Waals surface area contributed by atoms with E-state index in [1.807, 2.05) is 49.1 Å². The standard InChI is InChI=1S/C19H24N2O2/c1-3-21(16-12-8-5-9-13-16)19(22)17-14(2)23-18(20-17)15-10-6-4-7-11-15/h4,6-7,10-11,16H,3,5,8-9,12-13H2,1-2H3. The molecule has 1 saturated carbocycles. The van der Waals surface area contributed by atoms with E-state index in [2.05, 4.69) is 4.98 Å². The van der Waals surface area contributed by atoms with Crippen LogP contribution in [-0.4, -0.2) is 28.4 Å². The van der Waals surface area contributed by atoms with E-state index in [0.29, 0.717) is 23.4 Å². The average molecular weight is 312 g/mol. The number of amides is 1. The van der Waals surface area contributed by atoms with Gasteiger partial charge in [0.1, 0.15) is 5.76 Å². The first-order valence-electron chi connectivity index (χ1n) is 8.54. The molecule has 0 unspecified atom stereocenters. The summed E-state index contributed by atoms with van der Waals surface area (Å²) in [5, 5.41) is 0. The van der Waals surface area contributed by atoms with Crippen molar-refractivity contribution in [1.82, 2.24) is 9.88 Å². The Morgan fingerprint density at radius 3 is 2.57 bits per heavy atom. The lowest BCUT2D eigenvalue weighted by atomic mass is 9.94. The van der Waals surface area contributed by atoms with Gasteiger partial charge in [-0.2, -0.15) is 0 Å². The molecule has 0 aliphatic heterocycles. The van der Waals surface area contributed by atoms with E-state index < -0.39 is 0 Å². The Balaban J connectivity index is 1.85. The van der Waals surface area contributed by atoms with E-state index in [9.17, 15) is 4.79 Å². The molecule has 0 spiro atoms. The molecule has 0 radical (unpaired) electrons. The zero-order valence-electron chi connectivity index (χ0n) is 13.9. The van der Waals surface area contributed by atoms with Gasteiger partial charge in [0.05, 0.1) is 0 Å². The third-order valence-corrected chi connectivity index (χ3v) is 4.64. The van der Waals surface area contributed by atoms with Crippen molar-refractivity contribution in [2.75, 3.05) is 6.54 Å². The molecule has 4 heteroatoms. The Hall–Kier alpha value is -2.10. The van der Waals surface area contributed by atoms with Gasteiger partial charge in [-0.05, 0) is 38.8 Å². The maximum Gasteiger partial charge on any atom is 0.276 e. The van der Waals surface area contributed by atoms with Crippen LogP contribution in [0.15, 0.2) is 34.7 Å². The normalized spacial score (nSPS) is 15.6. The number of hydrogen-bond donors (Lipinski definition) is 0. The second-order valence-corrected chi connectivity index (χ2v) is 6.17. The first-order valence-corrected chi connectivity index (χ1v) is 8.54. The Morgan fingerprint density at radius 1 is 1.22 bits per heavy atom. The number of benzene rings is 1. The Morgan fingerprint density at radius 2 is 1.91 bits per heavy atom. The molecule has 1 amide bonds. The molecule has 4 nitrogen and oxygen atoms in total. The summed E-state index contributed by atoms with van der Waals surface area (Å²) in [6.45, 7) is 4.58. The van der Waals surface area contributed by atoms with Crippen LogP contribution in [0.4, 0.5) is 0 Å². The predicted molar refractivity (Wildman–Crippen MR) is 90.3 cm³/mol. The molecule has 1 fully saturated rings. The molecule has 0 saturated heterocycles. The van der Waals surface area contributed by atoms with Crippen molar-refractivity contribution in [3.05, 3.63) is 41.8 Å². The highest BCUT2D eigenvalue weighted by molar-refractivity contribution is 5.94. The molecular formula is C19H24N2O2. The van der Waals surface area contributed by atoms with Gasteiger partial charge in [0.2, 0.25) is 5.89 Å². The van der Waals surface area contributed by atoms with E-state index in [1.165, 1.54) is 19.3 Å². The van der Waals surface area contributed by atoms with Crippen molar-refractivity contribution in [3.8, 4) is 11.5 Å². The minimum Gasteiger partial charge on any atom is -0.441 e. The van der Waals surface area contributed by atoms with Gasteiger partial charge in [0.25, 0.3) is 5.91 Å². The van der Waals surface area contributed by atoms with Gasteiger partial charge in [-0.15, -0.1) is 0 Å². The van der Waals surface area contributed by atoms with Crippen LogP contribution in [0.5, 0.6) is 0 Å². The van der Waals surface area contributed by atoms with E-state index >= 15 is 0 Å². The van der Waals surface area contributed by atoms with E-state index in [4.69, 9.17) is 4.42 Å². The zero-order chi connectivity index (χ0) is 16.2. The minimum absolute atomic E-state index is 0.00262. The van der Waals surface area contributed by atoms with Gasteiger partial charge in [-0.1, -0.05) is 37.5 Å². The van der Waals surface area contributed by atoms with Gasteiger partial charge < -0.3 is 9.32 Å². The first kappa shape index (κ1) is 15.8. The Bertz CT molecular complexity index is 657. The summed E-state index contributed by atoms with van der Waals surface area (Å²) in [5.41, 5.74) is 1.35. The number of nitrogens with zero attached hydrogens (tertiary/aromatic N) is 2. The van der Waals surface area contributed by atoms with Gasteiger partial charge in [0, 0.05) is 18.2 Å². The number of aryl methyl sites for hydroxylation is 1. The summed E-state index contributed by atoms with van der Waals surface area (Å²) in [4.78, 5) is 19.4. The number of carbonyl (C=O) groups excluding carboxylic acids is 1. The highest BCUT2D eigenvalue weighted by Gasteiger charge is 2.28. The molecule has 2 aromatic rings. The molecular weight excluding hydrogens is 288 g/mol. The number of rotatable bonds is 4. The molecule has 1 aromatic heterocycles. The first-order chi connectivity index (χ1) is 11.2. The lowest BCUT2D eigenvalue weighted by Crippen LogP contribution is -2.41. The molecule has 1 aliphatic carbocycles. The van der Waals surface area contributed by atoms with Crippen LogP contribution in [0.3, 0.4) is 0 Å². The number of carbonyl (C=O) groups is 1. The molecule has 1 heterocycles. The predicted octanol–water partition coefficient (Wildman–Crippen LogP) is 4.44. The van der Waals surface area contributed by atoms with Gasteiger partial charge >= 0.3 is 0 Å². The fraction of sp³-hybridized carbons (Fsp3) is 0.474. The third-order valence-electron chi connectivity index (χ3n) is 4.64. The maximum absolute atomic E-state index is 12.9. The minimum atomic E-state index is 0.00262. The zero-order valence-corrected chi connectivity index (χ0v) is 13.9. The van der Waals surface area contributed by atoms with Gasteiger partial charge in [-0.3, -0.25) is 4.79 Å². The maximum atomic E-state index is 12.9. The molecule has 0 bridgehead atoms. The van der Waals surface area contributed by atoms with Crippen molar-refractivity contribution >= 4 is 5.91 Å². The molecule has 1 aromatic carbocycles. The van der Waals surface area contributed by atoms with E-state index in [0.717, 1.165) is 24.9 Å². The van der Waals surface area contributed by atoms with Crippen molar-refractivity contribution in [1.29, 1.82) is 0 Å². The fourth-order valence-electron chi connectivity index (χ4n) is 3.40. The number of oxazole rings is 1. The van der Waals surface area contributed by atoms with Crippen LogP contribution < -0.4 is 0 Å². The van der Waals surface area contributed by atoms with Crippen molar-refractivity contribution in [2.24, 2.45) is 0 Å². The van der Waals surface area contributed by atoms with Crippen LogP contribution in [0.25, 0.3) is 11.5 Å². The quantitative estimate of drug-likeness (QED) is 0.838. The van der Waals surface area contributed by atoms with Crippen molar-refractivity contribution in [2.45, 2.75) is 52.0 Å². The monoisotopic (exact) mass is 312 g/mol. The molecule has 3 rings (SSSR count). The highest BCUT2D eigenvalue weighted by Crippen LogP contribution is 2.26. The van der Waals surface area contributed by atoms with Gasteiger partial charge in [-0.25, -0.2) is 4.98 Å². The smallest absolute Gasteiger partial charge is 0.276 e. The Kier molecular flexibility index (Phi) is 4.79. The highest BCUT2D eigenvalue weighted by atomic mass is 16.4. The summed E-state index contributed by atoms with van der Waals surface area (Å²) >= 11 is 0. The average Bonchev–Trinajstić information content (AvgIpc) is 2.99. The number of hydrogen-bond acceptors (Lipinski definition) is 3. The fourth-order valence-corrected chi connectivity index (χ4v) is 3.40. The van der Waals surface area contributed by atoms with Crippen LogP contribution in [0, 0.1) is 6.92 Å². The largest absolute Gasteiger partial charge is 0.441 e. The summed E-state index contributed by atoms with van der Waals surface area (Å²) in [5.74, 6) is 1.12. The molecule has 0 N–H and O–H groups in total. The summed E-state index contributed by atoms with van der Waals surface area (Å²) in [7, 11) is 0. The topological polar surface area (TPSA) is 46.3 Å².